The molecule has 0 heterocycles. The van der Waals surface area contributed by atoms with E-state index in [0.29, 0.717) is 11.1 Å². The normalized spacial score (nSPS) is 14.9. The molecule has 0 bridgehead atoms. The summed E-state index contributed by atoms with van der Waals surface area (Å²) in [5, 5.41) is 5.61. The molecule has 5 nitrogen and oxygen atoms in total. The number of hydrogen-bond acceptors (Lipinski definition) is 4. The highest BCUT2D eigenvalue weighted by Crippen LogP contribution is 2.52. The second-order valence-corrected chi connectivity index (χ2v) is 7.23. The molecule has 0 radical (unpaired) electrons. The molecule has 2 aromatic carbocycles. The average Bonchev–Trinajstić information content (AvgIpc) is 2.80. The number of nitrogens with two attached hydrogens (primary N) is 1. The van der Waals surface area contributed by atoms with Crippen LogP contribution in [0.2, 0.25) is 0 Å². The average molecular weight is 331 g/mol. The molecule has 1 aliphatic rings. The lowest BCUT2D eigenvalue weighted by atomic mass is 9.92. The maximum absolute atomic E-state index is 12.6. The zero-order valence-electron chi connectivity index (χ0n) is 12.7. The third-order valence-electron chi connectivity index (χ3n) is 4.20. The van der Waals surface area contributed by atoms with Crippen LogP contribution in [0.3, 0.4) is 0 Å². The standard InChI is InChI=1S/C17H17NO4S/c1-2-22-16(19)11-17(23(18,20)21)14-9-5-3-7-12(14)13-8-4-6-10-15(13)17/h3-10H,2,11H2,1H3,(H2,18,20,21). The molecule has 0 aromatic heterocycles. The number of sulfonamides is 1. The van der Waals surface area contributed by atoms with Gasteiger partial charge in [-0.15, -0.1) is 0 Å². The van der Waals surface area contributed by atoms with Crippen LogP contribution in [0.5, 0.6) is 0 Å². The molecule has 3 rings (SSSR count). The first-order chi connectivity index (χ1) is 10.9. The maximum atomic E-state index is 12.6. The fourth-order valence-corrected chi connectivity index (χ4v) is 4.59. The molecule has 23 heavy (non-hydrogen) atoms. The number of primary sulfonamides is 1. The van der Waals surface area contributed by atoms with E-state index in [4.69, 9.17) is 9.88 Å². The molecule has 0 fully saturated rings. The van der Waals surface area contributed by atoms with Crippen molar-refractivity contribution in [1.29, 1.82) is 0 Å². The molecule has 2 aromatic rings. The van der Waals surface area contributed by atoms with Crippen LogP contribution in [-0.4, -0.2) is 21.0 Å². The number of fused-ring (bicyclic) bond motifs is 3. The zero-order chi connectivity index (χ0) is 16.7. The van der Waals surface area contributed by atoms with Crippen LogP contribution in [0.4, 0.5) is 0 Å². The number of ether oxygens (including phenoxy) is 1. The van der Waals surface area contributed by atoms with Gasteiger partial charge in [0.05, 0.1) is 13.0 Å². The van der Waals surface area contributed by atoms with Crippen molar-refractivity contribution >= 4 is 16.0 Å². The summed E-state index contributed by atoms with van der Waals surface area (Å²) in [5.41, 5.74) is 2.61. The van der Waals surface area contributed by atoms with Gasteiger partial charge in [0.25, 0.3) is 0 Å². The van der Waals surface area contributed by atoms with Gasteiger partial charge in [0.1, 0.15) is 4.75 Å². The van der Waals surface area contributed by atoms with Crippen LogP contribution in [0.25, 0.3) is 11.1 Å². The molecule has 0 saturated carbocycles. The summed E-state index contributed by atoms with van der Waals surface area (Å²) in [5.74, 6) is -0.590. The summed E-state index contributed by atoms with van der Waals surface area (Å²) in [7, 11) is -4.11. The lowest BCUT2D eigenvalue weighted by Crippen LogP contribution is -2.42. The Morgan fingerprint density at radius 3 is 1.96 bits per heavy atom. The first-order valence-electron chi connectivity index (χ1n) is 7.29. The van der Waals surface area contributed by atoms with E-state index in [2.05, 4.69) is 0 Å². The first-order valence-corrected chi connectivity index (χ1v) is 8.84. The van der Waals surface area contributed by atoms with Crippen molar-refractivity contribution in [3.63, 3.8) is 0 Å². The maximum Gasteiger partial charge on any atom is 0.308 e. The van der Waals surface area contributed by atoms with Crippen LogP contribution in [0.1, 0.15) is 24.5 Å². The lowest BCUT2D eigenvalue weighted by molar-refractivity contribution is -0.143. The summed E-state index contributed by atoms with van der Waals surface area (Å²) >= 11 is 0. The Morgan fingerprint density at radius 2 is 1.52 bits per heavy atom. The number of esters is 1. The lowest BCUT2D eigenvalue weighted by Gasteiger charge is -2.28. The Morgan fingerprint density at radius 1 is 1.04 bits per heavy atom. The Balaban J connectivity index is 2.33. The van der Waals surface area contributed by atoms with Crippen molar-refractivity contribution in [2.45, 2.75) is 18.1 Å². The van der Waals surface area contributed by atoms with Gasteiger partial charge in [0.2, 0.25) is 10.0 Å². The van der Waals surface area contributed by atoms with Crippen molar-refractivity contribution < 1.29 is 17.9 Å². The van der Waals surface area contributed by atoms with E-state index in [1.54, 1.807) is 31.2 Å². The highest BCUT2D eigenvalue weighted by atomic mass is 32.2. The van der Waals surface area contributed by atoms with Gasteiger partial charge >= 0.3 is 5.97 Å². The Kier molecular flexibility index (Phi) is 3.74. The molecule has 0 spiro atoms. The summed E-state index contributed by atoms with van der Waals surface area (Å²) in [6, 6.07) is 14.3. The molecule has 120 valence electrons. The first kappa shape index (κ1) is 15.7. The second-order valence-electron chi connectivity index (χ2n) is 5.44. The molecule has 0 saturated heterocycles. The van der Waals surface area contributed by atoms with Crippen LogP contribution in [0.15, 0.2) is 48.5 Å². The van der Waals surface area contributed by atoms with Gasteiger partial charge in [-0.2, -0.15) is 0 Å². The van der Waals surface area contributed by atoms with Gasteiger partial charge < -0.3 is 4.74 Å². The minimum atomic E-state index is -4.11. The number of carbonyl (C=O) groups is 1. The molecule has 1 aliphatic carbocycles. The van der Waals surface area contributed by atoms with E-state index >= 15 is 0 Å². The summed E-state index contributed by atoms with van der Waals surface area (Å²) < 4.78 is 28.6. The number of rotatable bonds is 4. The van der Waals surface area contributed by atoms with Crippen molar-refractivity contribution in [2.75, 3.05) is 6.61 Å². The largest absolute Gasteiger partial charge is 0.466 e. The summed E-state index contributed by atoms with van der Waals surface area (Å²) in [6.07, 6.45) is -0.340. The SMILES string of the molecule is CCOC(=O)CC1(S(N)(=O)=O)c2ccccc2-c2ccccc21. The molecule has 0 amide bonds. The van der Waals surface area contributed by atoms with Gasteiger partial charge in [-0.1, -0.05) is 48.5 Å². The molecular weight excluding hydrogens is 314 g/mol. The molecule has 0 atom stereocenters. The van der Waals surface area contributed by atoms with Gasteiger partial charge in [-0.25, -0.2) is 13.6 Å². The van der Waals surface area contributed by atoms with Crippen molar-refractivity contribution in [1.82, 2.24) is 0 Å². The van der Waals surface area contributed by atoms with Gasteiger partial charge in [0, 0.05) is 0 Å². The molecule has 6 heteroatoms. The topological polar surface area (TPSA) is 86.5 Å². The number of benzene rings is 2. The monoisotopic (exact) mass is 331 g/mol. The van der Waals surface area contributed by atoms with Crippen LogP contribution >= 0.6 is 0 Å². The van der Waals surface area contributed by atoms with Gasteiger partial charge in [0.15, 0.2) is 0 Å². The molecule has 2 N–H and O–H groups in total. The van der Waals surface area contributed by atoms with E-state index < -0.39 is 20.7 Å². The minimum Gasteiger partial charge on any atom is -0.466 e. The summed E-state index contributed by atoms with van der Waals surface area (Å²) in [6.45, 7) is 1.86. The molecule has 0 aliphatic heterocycles. The number of carbonyl (C=O) groups excluding carboxylic acids is 1. The van der Waals surface area contributed by atoms with E-state index in [1.807, 2.05) is 24.3 Å². The van der Waals surface area contributed by atoms with Crippen LogP contribution in [-0.2, 0) is 24.3 Å². The van der Waals surface area contributed by atoms with Crippen LogP contribution in [0, 0.1) is 0 Å². The van der Waals surface area contributed by atoms with E-state index in [9.17, 15) is 13.2 Å². The van der Waals surface area contributed by atoms with Crippen molar-refractivity contribution in [3.05, 3.63) is 59.7 Å². The van der Waals surface area contributed by atoms with Gasteiger partial charge in [-0.05, 0) is 29.2 Å². The predicted octanol–water partition coefficient (Wildman–Crippen LogP) is 2.15. The van der Waals surface area contributed by atoms with E-state index in [0.717, 1.165) is 11.1 Å². The molecule has 0 unspecified atom stereocenters. The third kappa shape index (κ3) is 2.26. The Hall–Kier alpha value is -2.18. The quantitative estimate of drug-likeness (QED) is 0.870. The minimum absolute atomic E-state index is 0.183. The highest BCUT2D eigenvalue weighted by molar-refractivity contribution is 7.90. The van der Waals surface area contributed by atoms with E-state index in [1.165, 1.54) is 0 Å². The predicted molar refractivity (Wildman–Crippen MR) is 87.0 cm³/mol. The fraction of sp³-hybridized carbons (Fsp3) is 0.235. The zero-order valence-corrected chi connectivity index (χ0v) is 13.5. The number of hydrogen-bond donors (Lipinski definition) is 1. The van der Waals surface area contributed by atoms with Gasteiger partial charge in [-0.3, -0.25) is 4.79 Å². The smallest absolute Gasteiger partial charge is 0.308 e. The summed E-state index contributed by atoms with van der Waals surface area (Å²) in [4.78, 5) is 12.1. The Labute approximate surface area is 135 Å². The van der Waals surface area contributed by atoms with E-state index in [-0.39, 0.29) is 13.0 Å². The highest BCUT2D eigenvalue weighted by Gasteiger charge is 2.53. The van der Waals surface area contributed by atoms with Crippen LogP contribution < -0.4 is 5.14 Å². The second kappa shape index (κ2) is 5.47. The fourth-order valence-electron chi connectivity index (χ4n) is 3.30. The van der Waals surface area contributed by atoms with Crippen molar-refractivity contribution in [2.24, 2.45) is 5.14 Å². The molecular formula is C17H17NO4S. The Bertz CT molecular complexity index is 828. The van der Waals surface area contributed by atoms with Crippen molar-refractivity contribution in [3.8, 4) is 11.1 Å². The third-order valence-corrected chi connectivity index (χ3v) is 5.75.